The summed E-state index contributed by atoms with van der Waals surface area (Å²) in [6, 6.07) is 4.17. The van der Waals surface area contributed by atoms with Crippen LogP contribution in [0.1, 0.15) is 51.4 Å². The van der Waals surface area contributed by atoms with Gasteiger partial charge in [-0.15, -0.1) is 10.2 Å². The van der Waals surface area contributed by atoms with Crippen molar-refractivity contribution in [2.75, 3.05) is 13.1 Å². The minimum Gasteiger partial charge on any atom is -0.299 e. The first-order valence-corrected chi connectivity index (χ1v) is 8.09. The van der Waals surface area contributed by atoms with Crippen LogP contribution in [0.25, 0.3) is 5.65 Å². The largest absolute Gasteiger partial charge is 0.299 e. The highest BCUT2D eigenvalue weighted by molar-refractivity contribution is 6.29. The van der Waals surface area contributed by atoms with Gasteiger partial charge >= 0.3 is 0 Å². The molecule has 1 aliphatic rings. The molecule has 2 aromatic heterocycles. The molecule has 0 aromatic carbocycles. The van der Waals surface area contributed by atoms with E-state index in [1.807, 2.05) is 4.40 Å². The smallest absolute Gasteiger partial charge is 0.162 e. The van der Waals surface area contributed by atoms with E-state index in [9.17, 15) is 0 Å². The topological polar surface area (TPSA) is 33.4 Å². The van der Waals surface area contributed by atoms with Gasteiger partial charge in [-0.25, -0.2) is 0 Å². The van der Waals surface area contributed by atoms with E-state index in [1.54, 1.807) is 0 Å². The van der Waals surface area contributed by atoms with Crippen LogP contribution in [0, 0.1) is 0 Å². The SMILES string of the molecule is CC(C)(C)c1nnc2cc(CN3CCCCC3)cc(Cl)n12. The molecule has 3 heterocycles. The van der Waals surface area contributed by atoms with Gasteiger partial charge in [0.15, 0.2) is 5.65 Å². The van der Waals surface area contributed by atoms with Crippen molar-refractivity contribution >= 4 is 17.2 Å². The first-order chi connectivity index (χ1) is 9.95. The summed E-state index contributed by atoms with van der Waals surface area (Å²) < 4.78 is 1.96. The number of aromatic nitrogens is 3. The standard InChI is InChI=1S/C16H23ClN4/c1-16(2,3)15-19-18-14-10-12(9-13(17)21(14)15)11-20-7-5-4-6-8-20/h9-10H,4-8,11H2,1-3H3. The lowest BCUT2D eigenvalue weighted by Gasteiger charge is -2.26. The van der Waals surface area contributed by atoms with Crippen LogP contribution < -0.4 is 0 Å². The molecule has 0 saturated carbocycles. The molecular weight excluding hydrogens is 284 g/mol. The van der Waals surface area contributed by atoms with Crippen LogP contribution in [-0.2, 0) is 12.0 Å². The third-order valence-electron chi connectivity index (χ3n) is 4.05. The van der Waals surface area contributed by atoms with Crippen molar-refractivity contribution in [3.8, 4) is 0 Å². The molecule has 5 heteroatoms. The Morgan fingerprint density at radius 3 is 2.48 bits per heavy atom. The van der Waals surface area contributed by atoms with Gasteiger partial charge in [0.25, 0.3) is 0 Å². The normalized spacial score (nSPS) is 17.5. The summed E-state index contributed by atoms with van der Waals surface area (Å²) in [6.07, 6.45) is 3.96. The molecule has 0 aliphatic carbocycles. The van der Waals surface area contributed by atoms with Crippen LogP contribution in [0.4, 0.5) is 0 Å². The van der Waals surface area contributed by atoms with Gasteiger partial charge in [0.1, 0.15) is 11.0 Å². The highest BCUT2D eigenvalue weighted by Gasteiger charge is 2.22. The number of hydrogen-bond acceptors (Lipinski definition) is 3. The zero-order valence-corrected chi connectivity index (χ0v) is 13.8. The third kappa shape index (κ3) is 3.06. The van der Waals surface area contributed by atoms with E-state index in [-0.39, 0.29) is 5.41 Å². The number of fused-ring (bicyclic) bond motifs is 1. The molecule has 1 saturated heterocycles. The van der Waals surface area contributed by atoms with E-state index in [0.29, 0.717) is 5.15 Å². The molecular formula is C16H23ClN4. The molecule has 0 unspecified atom stereocenters. The fourth-order valence-corrected chi connectivity index (χ4v) is 3.28. The fraction of sp³-hybridized carbons (Fsp3) is 0.625. The lowest BCUT2D eigenvalue weighted by Crippen LogP contribution is -2.29. The van der Waals surface area contributed by atoms with Crippen LogP contribution >= 0.6 is 11.6 Å². The summed E-state index contributed by atoms with van der Waals surface area (Å²) in [5, 5.41) is 9.34. The molecule has 2 aromatic rings. The van der Waals surface area contributed by atoms with Crippen molar-refractivity contribution in [1.29, 1.82) is 0 Å². The summed E-state index contributed by atoms with van der Waals surface area (Å²) in [7, 11) is 0. The van der Waals surface area contributed by atoms with Crippen molar-refractivity contribution in [1.82, 2.24) is 19.5 Å². The highest BCUT2D eigenvalue weighted by atomic mass is 35.5. The van der Waals surface area contributed by atoms with E-state index in [2.05, 4.69) is 48.0 Å². The number of pyridine rings is 1. The molecule has 0 atom stereocenters. The number of halogens is 1. The number of piperidine rings is 1. The van der Waals surface area contributed by atoms with E-state index < -0.39 is 0 Å². The predicted octanol–water partition coefficient (Wildman–Crippen LogP) is 3.67. The van der Waals surface area contributed by atoms with Gasteiger partial charge in [-0.2, -0.15) is 0 Å². The number of likely N-dealkylation sites (tertiary alicyclic amines) is 1. The summed E-state index contributed by atoms with van der Waals surface area (Å²) in [6.45, 7) is 9.70. The van der Waals surface area contributed by atoms with Crippen molar-refractivity contribution in [2.45, 2.75) is 52.0 Å². The minimum atomic E-state index is -0.0720. The zero-order chi connectivity index (χ0) is 15.0. The maximum absolute atomic E-state index is 6.50. The highest BCUT2D eigenvalue weighted by Crippen LogP contribution is 2.26. The number of hydrogen-bond donors (Lipinski definition) is 0. The maximum Gasteiger partial charge on any atom is 0.162 e. The van der Waals surface area contributed by atoms with Gasteiger partial charge < -0.3 is 0 Å². The lowest BCUT2D eigenvalue weighted by molar-refractivity contribution is 0.221. The average Bonchev–Trinajstić information content (AvgIpc) is 2.84. The molecule has 4 nitrogen and oxygen atoms in total. The monoisotopic (exact) mass is 306 g/mol. The second-order valence-corrected chi connectivity index (χ2v) is 7.38. The molecule has 0 radical (unpaired) electrons. The van der Waals surface area contributed by atoms with Gasteiger partial charge in [-0.05, 0) is 43.6 Å². The van der Waals surface area contributed by atoms with Crippen LogP contribution in [-0.4, -0.2) is 32.6 Å². The third-order valence-corrected chi connectivity index (χ3v) is 4.32. The van der Waals surface area contributed by atoms with E-state index >= 15 is 0 Å². The van der Waals surface area contributed by atoms with Crippen molar-refractivity contribution in [3.05, 3.63) is 28.7 Å². The second-order valence-electron chi connectivity index (χ2n) is 6.99. The summed E-state index contributed by atoms with van der Waals surface area (Å²) in [5.41, 5.74) is 2.00. The fourth-order valence-electron chi connectivity index (χ4n) is 2.98. The van der Waals surface area contributed by atoms with E-state index in [0.717, 1.165) is 18.0 Å². The Morgan fingerprint density at radius 1 is 1.10 bits per heavy atom. The summed E-state index contributed by atoms with van der Waals surface area (Å²) >= 11 is 6.50. The van der Waals surface area contributed by atoms with E-state index in [1.165, 1.54) is 37.9 Å². The van der Waals surface area contributed by atoms with E-state index in [4.69, 9.17) is 11.6 Å². The first kappa shape index (κ1) is 14.8. The van der Waals surface area contributed by atoms with Crippen LogP contribution in [0.15, 0.2) is 12.1 Å². The molecule has 114 valence electrons. The summed E-state index contributed by atoms with van der Waals surface area (Å²) in [4.78, 5) is 2.49. The molecule has 3 rings (SSSR count). The maximum atomic E-state index is 6.50. The average molecular weight is 307 g/mol. The predicted molar refractivity (Wildman–Crippen MR) is 85.8 cm³/mol. The summed E-state index contributed by atoms with van der Waals surface area (Å²) in [5.74, 6) is 0.909. The number of rotatable bonds is 2. The molecule has 21 heavy (non-hydrogen) atoms. The van der Waals surface area contributed by atoms with Crippen LogP contribution in [0.3, 0.4) is 0 Å². The van der Waals surface area contributed by atoms with Crippen LogP contribution in [0.2, 0.25) is 5.15 Å². The van der Waals surface area contributed by atoms with Gasteiger partial charge in [0.05, 0.1) is 0 Å². The van der Waals surface area contributed by atoms with Crippen molar-refractivity contribution in [2.24, 2.45) is 0 Å². The molecule has 0 spiro atoms. The number of nitrogens with zero attached hydrogens (tertiary/aromatic N) is 4. The van der Waals surface area contributed by atoms with Crippen molar-refractivity contribution in [3.63, 3.8) is 0 Å². The molecule has 0 N–H and O–H groups in total. The van der Waals surface area contributed by atoms with Crippen LogP contribution in [0.5, 0.6) is 0 Å². The minimum absolute atomic E-state index is 0.0720. The Labute approximate surface area is 131 Å². The Hall–Kier alpha value is -1.13. The first-order valence-electron chi connectivity index (χ1n) is 7.71. The Bertz CT molecular complexity index is 635. The molecule has 0 amide bonds. The Kier molecular flexibility index (Phi) is 3.93. The molecule has 0 bridgehead atoms. The van der Waals surface area contributed by atoms with Crippen molar-refractivity contribution < 1.29 is 0 Å². The second kappa shape index (κ2) is 5.58. The van der Waals surface area contributed by atoms with Gasteiger partial charge in [0, 0.05) is 12.0 Å². The Morgan fingerprint density at radius 2 is 1.81 bits per heavy atom. The van der Waals surface area contributed by atoms with Gasteiger partial charge in [-0.1, -0.05) is 38.8 Å². The Balaban J connectivity index is 1.93. The lowest BCUT2D eigenvalue weighted by atomic mass is 9.96. The van der Waals surface area contributed by atoms with Gasteiger partial charge in [-0.3, -0.25) is 9.30 Å². The molecule has 1 fully saturated rings. The zero-order valence-electron chi connectivity index (χ0n) is 13.1. The molecule has 1 aliphatic heterocycles. The van der Waals surface area contributed by atoms with Gasteiger partial charge in [0.2, 0.25) is 0 Å². The quantitative estimate of drug-likeness (QED) is 0.794.